The summed E-state index contributed by atoms with van der Waals surface area (Å²) in [5, 5.41) is 40.4. The summed E-state index contributed by atoms with van der Waals surface area (Å²) in [6, 6.07) is 22.2. The lowest BCUT2D eigenvalue weighted by molar-refractivity contribution is -0.221. The molecule has 0 saturated carbocycles. The monoisotopic (exact) mass is 605 g/mol. The van der Waals surface area contributed by atoms with Gasteiger partial charge in [0.2, 0.25) is 0 Å². The van der Waals surface area contributed by atoms with E-state index in [-0.39, 0.29) is 0 Å². The molecule has 0 radical (unpaired) electrons. The van der Waals surface area contributed by atoms with Crippen molar-refractivity contribution in [3.05, 3.63) is 90.0 Å². The van der Waals surface area contributed by atoms with Gasteiger partial charge in [-0.05, 0) is 53.6 Å². The number of ether oxygens (including phenoxy) is 2. The van der Waals surface area contributed by atoms with Crippen molar-refractivity contribution in [1.29, 1.82) is 0 Å². The van der Waals surface area contributed by atoms with Crippen LogP contribution in [-0.2, 0) is 39.9 Å². The number of aryl methyl sites for hydroxylation is 1. The number of carbonyl (C=O) groups excluding carboxylic acids is 1. The first-order valence-electron chi connectivity index (χ1n) is 13.7. The number of carboxylic acid groups (broad SMARTS) is 4. The maximum atomic E-state index is 13.8. The van der Waals surface area contributed by atoms with Gasteiger partial charge in [-0.3, -0.25) is 9.59 Å². The lowest BCUT2D eigenvalue weighted by Gasteiger charge is -2.34. The molecular formula is C32H31NO11. The summed E-state index contributed by atoms with van der Waals surface area (Å²) in [6.45, 7) is 0.680. The molecule has 3 aromatic carbocycles. The highest BCUT2D eigenvalue weighted by atomic mass is 16.8. The van der Waals surface area contributed by atoms with Gasteiger partial charge in [-0.15, -0.1) is 0 Å². The third-order valence-corrected chi connectivity index (χ3v) is 7.53. The first kappa shape index (κ1) is 31.9. The van der Waals surface area contributed by atoms with Crippen molar-refractivity contribution in [3.63, 3.8) is 0 Å². The number of carboxylic acids is 4. The fourth-order valence-corrected chi connectivity index (χ4v) is 5.15. The van der Waals surface area contributed by atoms with E-state index in [4.69, 9.17) is 9.47 Å². The molecule has 4 unspecified atom stereocenters. The van der Waals surface area contributed by atoms with Crippen LogP contribution in [-0.4, -0.2) is 85.7 Å². The normalized spacial score (nSPS) is 18.9. The Labute approximate surface area is 251 Å². The van der Waals surface area contributed by atoms with Crippen LogP contribution >= 0.6 is 0 Å². The molecule has 230 valence electrons. The minimum absolute atomic E-state index is 0.442. The van der Waals surface area contributed by atoms with Crippen LogP contribution in [0.4, 0.5) is 0 Å². The Morgan fingerprint density at radius 3 is 2.07 bits per heavy atom. The van der Waals surface area contributed by atoms with E-state index < -0.39 is 66.3 Å². The molecule has 1 fully saturated rings. The van der Waals surface area contributed by atoms with E-state index in [2.05, 4.69) is 0 Å². The minimum atomic E-state index is -3.47. The molecule has 1 aliphatic rings. The molecule has 1 aliphatic heterocycles. The SMILES string of the molecule is CC(C(C=Cc1ccc2ccccc2c1)CCc1ccccc1)N(CC(=O)O)C(=O)C1OC(C(=O)O)(C(=O)O)OC1C(=O)O. The second-order valence-corrected chi connectivity index (χ2v) is 10.4. The Morgan fingerprint density at radius 2 is 1.45 bits per heavy atom. The average Bonchev–Trinajstić information content (AvgIpc) is 3.43. The van der Waals surface area contributed by atoms with E-state index in [1.807, 2.05) is 84.9 Å². The number of aliphatic carboxylic acids is 4. The average molecular weight is 606 g/mol. The van der Waals surface area contributed by atoms with Gasteiger partial charge in [-0.25, -0.2) is 14.4 Å². The fraction of sp³-hybridized carbons (Fsp3) is 0.281. The predicted octanol–water partition coefficient (Wildman–Crippen LogP) is 3.14. The zero-order chi connectivity index (χ0) is 32.0. The van der Waals surface area contributed by atoms with Crippen LogP contribution in [0.3, 0.4) is 0 Å². The summed E-state index contributed by atoms with van der Waals surface area (Å²) < 4.78 is 9.77. The van der Waals surface area contributed by atoms with E-state index in [1.165, 1.54) is 0 Å². The van der Waals surface area contributed by atoms with E-state index in [9.17, 15) is 44.4 Å². The molecule has 1 amide bonds. The zero-order valence-corrected chi connectivity index (χ0v) is 23.6. The van der Waals surface area contributed by atoms with Crippen molar-refractivity contribution in [2.24, 2.45) is 5.92 Å². The Balaban J connectivity index is 1.69. The summed E-state index contributed by atoms with van der Waals surface area (Å²) in [5.41, 5.74) is 1.84. The topological polar surface area (TPSA) is 188 Å². The standard InChI is InChI=1S/C32H31NO11/c1-19(33(18-25(34)35)28(36)26-27(29(37)38)44-32(43-26,30(39)40)31(41)42)22(14-11-20-7-3-2-4-8-20)15-12-21-13-16-23-9-5-6-10-24(23)17-21/h2-10,12-13,15-17,19,22,26-27H,11,14,18H2,1H3,(H,34,35)(H,37,38)(H,39,40)(H,41,42). The molecule has 4 atom stereocenters. The van der Waals surface area contributed by atoms with Gasteiger partial charge in [0.25, 0.3) is 5.91 Å². The van der Waals surface area contributed by atoms with Gasteiger partial charge < -0.3 is 34.8 Å². The third kappa shape index (κ3) is 6.93. The van der Waals surface area contributed by atoms with Crippen LogP contribution in [0.25, 0.3) is 16.8 Å². The van der Waals surface area contributed by atoms with Crippen molar-refractivity contribution in [2.75, 3.05) is 6.54 Å². The number of amides is 1. The molecule has 0 spiro atoms. The first-order valence-corrected chi connectivity index (χ1v) is 13.7. The second kappa shape index (κ2) is 13.5. The summed E-state index contributed by atoms with van der Waals surface area (Å²) in [4.78, 5) is 62.0. The highest BCUT2D eigenvalue weighted by molar-refractivity contribution is 6.02. The van der Waals surface area contributed by atoms with Crippen LogP contribution in [0, 0.1) is 5.92 Å². The Morgan fingerprint density at radius 1 is 0.841 bits per heavy atom. The lowest BCUT2D eigenvalue weighted by atomic mass is 9.90. The van der Waals surface area contributed by atoms with Gasteiger partial charge >= 0.3 is 29.7 Å². The van der Waals surface area contributed by atoms with Gasteiger partial charge in [-0.2, -0.15) is 0 Å². The molecule has 1 saturated heterocycles. The molecular weight excluding hydrogens is 574 g/mol. The molecule has 0 aromatic heterocycles. The van der Waals surface area contributed by atoms with Gasteiger partial charge in [-0.1, -0.05) is 78.9 Å². The maximum absolute atomic E-state index is 13.8. The lowest BCUT2D eigenvalue weighted by Crippen LogP contribution is -2.53. The number of rotatable bonds is 13. The number of hydrogen-bond acceptors (Lipinski definition) is 7. The Hall–Kier alpha value is -5.07. The number of fused-ring (bicyclic) bond motifs is 1. The van der Waals surface area contributed by atoms with Crippen molar-refractivity contribution >= 4 is 46.6 Å². The van der Waals surface area contributed by atoms with Crippen LogP contribution in [0.15, 0.2) is 78.9 Å². The number of hydrogen-bond donors (Lipinski definition) is 4. The van der Waals surface area contributed by atoms with Gasteiger partial charge in [0.15, 0.2) is 12.2 Å². The van der Waals surface area contributed by atoms with Crippen molar-refractivity contribution in [2.45, 2.75) is 43.8 Å². The van der Waals surface area contributed by atoms with E-state index in [0.29, 0.717) is 12.8 Å². The second-order valence-electron chi connectivity index (χ2n) is 10.4. The number of carbonyl (C=O) groups is 5. The van der Waals surface area contributed by atoms with Gasteiger partial charge in [0, 0.05) is 6.04 Å². The molecule has 0 bridgehead atoms. The molecule has 4 N–H and O–H groups in total. The smallest absolute Gasteiger partial charge is 0.377 e. The van der Waals surface area contributed by atoms with E-state index in [0.717, 1.165) is 26.8 Å². The molecule has 12 heteroatoms. The van der Waals surface area contributed by atoms with Crippen LogP contribution in [0.2, 0.25) is 0 Å². The van der Waals surface area contributed by atoms with E-state index >= 15 is 0 Å². The number of nitrogens with zero attached hydrogens (tertiary/aromatic N) is 1. The molecule has 44 heavy (non-hydrogen) atoms. The maximum Gasteiger partial charge on any atom is 0.377 e. The Bertz CT molecular complexity index is 1570. The first-order chi connectivity index (χ1) is 20.9. The van der Waals surface area contributed by atoms with Gasteiger partial charge in [0.05, 0.1) is 0 Å². The van der Waals surface area contributed by atoms with E-state index in [1.54, 1.807) is 6.92 Å². The molecule has 12 nitrogen and oxygen atoms in total. The quantitative estimate of drug-likeness (QED) is 0.210. The molecule has 3 aromatic rings. The minimum Gasteiger partial charge on any atom is -0.480 e. The predicted molar refractivity (Wildman–Crippen MR) is 155 cm³/mol. The van der Waals surface area contributed by atoms with Crippen molar-refractivity contribution < 1.29 is 53.9 Å². The summed E-state index contributed by atoms with van der Waals surface area (Å²) >= 11 is 0. The summed E-state index contributed by atoms with van der Waals surface area (Å²) in [7, 11) is 0. The molecule has 1 heterocycles. The van der Waals surface area contributed by atoms with Crippen LogP contribution < -0.4 is 0 Å². The van der Waals surface area contributed by atoms with Crippen molar-refractivity contribution in [1.82, 2.24) is 4.90 Å². The summed E-state index contributed by atoms with van der Waals surface area (Å²) in [6.07, 6.45) is 0.0951. The fourth-order valence-electron chi connectivity index (χ4n) is 5.15. The highest BCUT2D eigenvalue weighted by Gasteiger charge is 2.64. The number of benzene rings is 3. The third-order valence-electron chi connectivity index (χ3n) is 7.53. The summed E-state index contributed by atoms with van der Waals surface area (Å²) in [5.74, 6) is -12.8. The molecule has 4 rings (SSSR count). The molecule has 0 aliphatic carbocycles. The Kier molecular flexibility index (Phi) is 9.77. The largest absolute Gasteiger partial charge is 0.480 e. The van der Waals surface area contributed by atoms with Crippen LogP contribution in [0.5, 0.6) is 0 Å². The van der Waals surface area contributed by atoms with Crippen molar-refractivity contribution in [3.8, 4) is 0 Å². The highest BCUT2D eigenvalue weighted by Crippen LogP contribution is 2.33. The van der Waals surface area contributed by atoms with Gasteiger partial charge in [0.1, 0.15) is 6.54 Å². The van der Waals surface area contributed by atoms with Crippen LogP contribution in [0.1, 0.15) is 24.5 Å². The zero-order valence-electron chi connectivity index (χ0n) is 23.6.